The Bertz CT molecular complexity index is 1360. The lowest BCUT2D eigenvalue weighted by molar-refractivity contribution is 0.0960. The van der Waals surface area contributed by atoms with E-state index in [1.807, 2.05) is 31.2 Å². The van der Waals surface area contributed by atoms with E-state index in [1.54, 1.807) is 12.1 Å². The first kappa shape index (κ1) is 22.6. The van der Waals surface area contributed by atoms with E-state index in [1.165, 1.54) is 19.4 Å². The Morgan fingerprint density at radius 2 is 1.89 bits per heavy atom. The maximum absolute atomic E-state index is 15.1. The molecule has 1 aliphatic heterocycles. The molecule has 1 amide bonds. The molecule has 10 heteroatoms. The average molecular weight is 476 g/mol. The number of piperazine rings is 1. The average Bonchev–Trinajstić information content (AvgIpc) is 3.28. The molecule has 0 aliphatic carbocycles. The number of fused-ring (bicyclic) bond motifs is 1. The Kier molecular flexibility index (Phi) is 6.19. The molecule has 9 nitrogen and oxygen atoms in total. The monoisotopic (exact) mass is 475 g/mol. The fourth-order valence-electron chi connectivity index (χ4n) is 4.16. The van der Waals surface area contributed by atoms with Crippen molar-refractivity contribution in [3.8, 4) is 11.6 Å². The van der Waals surface area contributed by atoms with Gasteiger partial charge in [0.1, 0.15) is 11.9 Å². The Hall–Kier alpha value is -4.18. The molecule has 35 heavy (non-hydrogen) atoms. The maximum atomic E-state index is 15.1. The van der Waals surface area contributed by atoms with Gasteiger partial charge in [-0.25, -0.2) is 14.4 Å². The van der Waals surface area contributed by atoms with Gasteiger partial charge in [-0.3, -0.25) is 4.79 Å². The van der Waals surface area contributed by atoms with E-state index < -0.39 is 11.7 Å². The van der Waals surface area contributed by atoms with Crippen LogP contribution in [0.5, 0.6) is 11.6 Å². The summed E-state index contributed by atoms with van der Waals surface area (Å²) in [5, 5.41) is 9.50. The van der Waals surface area contributed by atoms with Crippen molar-refractivity contribution in [3.63, 3.8) is 0 Å². The Labute approximate surface area is 201 Å². The number of rotatable bonds is 6. The highest BCUT2D eigenvalue weighted by atomic mass is 19.1. The van der Waals surface area contributed by atoms with E-state index in [0.29, 0.717) is 10.9 Å². The van der Waals surface area contributed by atoms with Gasteiger partial charge in [0.2, 0.25) is 5.88 Å². The van der Waals surface area contributed by atoms with Crippen molar-refractivity contribution >= 4 is 34.0 Å². The van der Waals surface area contributed by atoms with Crippen molar-refractivity contribution < 1.29 is 13.9 Å². The maximum Gasteiger partial charge on any atom is 0.260 e. The summed E-state index contributed by atoms with van der Waals surface area (Å²) in [5.41, 5.74) is 3.44. The second-order valence-electron chi connectivity index (χ2n) is 8.28. The van der Waals surface area contributed by atoms with Gasteiger partial charge in [0.15, 0.2) is 17.4 Å². The largest absolute Gasteiger partial charge is 0.435 e. The molecule has 3 heterocycles. The fraction of sp³-hybridized carbons (Fsp3) is 0.240. The molecule has 1 fully saturated rings. The molecular weight excluding hydrogens is 449 g/mol. The van der Waals surface area contributed by atoms with Crippen LogP contribution in [-0.2, 0) is 0 Å². The summed E-state index contributed by atoms with van der Waals surface area (Å²) in [4.78, 5) is 26.6. The zero-order valence-corrected chi connectivity index (χ0v) is 19.5. The smallest absolute Gasteiger partial charge is 0.260 e. The van der Waals surface area contributed by atoms with E-state index in [2.05, 4.69) is 35.8 Å². The number of anilines is 3. The normalized spacial score (nSPS) is 13.6. The van der Waals surface area contributed by atoms with Crippen LogP contribution in [0.3, 0.4) is 0 Å². The first-order valence-electron chi connectivity index (χ1n) is 11.4. The summed E-state index contributed by atoms with van der Waals surface area (Å²) in [6.07, 6.45) is 1.27. The predicted molar refractivity (Wildman–Crippen MR) is 133 cm³/mol. The van der Waals surface area contributed by atoms with Crippen molar-refractivity contribution in [3.05, 3.63) is 65.9 Å². The number of hydrogen-bond acceptors (Lipinski definition) is 7. The zero-order valence-electron chi connectivity index (χ0n) is 19.5. The topological polar surface area (TPSA) is 107 Å². The number of aryl methyl sites for hydroxylation is 1. The summed E-state index contributed by atoms with van der Waals surface area (Å²) in [5.74, 6) is -0.828. The molecule has 5 rings (SSSR count). The van der Waals surface area contributed by atoms with E-state index in [0.717, 1.165) is 43.2 Å². The summed E-state index contributed by atoms with van der Waals surface area (Å²) < 4.78 is 20.9. The van der Waals surface area contributed by atoms with E-state index in [9.17, 15) is 4.79 Å². The first-order chi connectivity index (χ1) is 17.0. The highest BCUT2D eigenvalue weighted by Crippen LogP contribution is 2.33. The molecule has 0 atom stereocenters. The van der Waals surface area contributed by atoms with Crippen molar-refractivity contribution in [1.29, 1.82) is 0 Å². The van der Waals surface area contributed by atoms with Gasteiger partial charge >= 0.3 is 0 Å². The molecule has 0 bridgehead atoms. The van der Waals surface area contributed by atoms with Crippen molar-refractivity contribution in [2.24, 2.45) is 0 Å². The molecule has 0 radical (unpaired) electrons. The molecule has 4 aromatic rings. The van der Waals surface area contributed by atoms with Crippen molar-refractivity contribution in [2.75, 3.05) is 43.4 Å². The lowest BCUT2D eigenvalue weighted by atomic mass is 10.2. The minimum atomic E-state index is -0.536. The zero-order chi connectivity index (χ0) is 24.4. The van der Waals surface area contributed by atoms with Crippen LogP contribution in [-0.4, -0.2) is 54.1 Å². The van der Waals surface area contributed by atoms with E-state index >= 15 is 4.39 Å². The third kappa shape index (κ3) is 4.60. The minimum absolute atomic E-state index is 0.0355. The highest BCUT2D eigenvalue weighted by Gasteiger charge is 2.22. The highest BCUT2D eigenvalue weighted by molar-refractivity contribution is 6.01. The van der Waals surface area contributed by atoms with Crippen LogP contribution in [0.15, 0.2) is 48.8 Å². The Morgan fingerprint density at radius 3 is 2.63 bits per heavy atom. The van der Waals surface area contributed by atoms with Crippen LogP contribution in [0, 0.1) is 12.7 Å². The molecule has 0 saturated carbocycles. The number of aromatic amines is 1. The molecule has 180 valence electrons. The quantitative estimate of drug-likeness (QED) is 0.337. The SMILES string of the molecule is CNC(=O)c1c(Nc2ccc(N3CCNCC3)cc2)ncnc1Oc1ccc2[nH]c(C)cc2c1F. The number of carbonyl (C=O) groups excluding carboxylic acids is 1. The molecular formula is C25H26FN7O2. The minimum Gasteiger partial charge on any atom is -0.435 e. The van der Waals surface area contributed by atoms with Crippen LogP contribution < -0.4 is 25.6 Å². The number of H-pyrrole nitrogens is 1. The number of ether oxygens (including phenoxy) is 1. The number of hydrogen-bond donors (Lipinski definition) is 4. The molecule has 1 saturated heterocycles. The van der Waals surface area contributed by atoms with Gasteiger partial charge in [0, 0.05) is 61.2 Å². The molecule has 0 unspecified atom stereocenters. The van der Waals surface area contributed by atoms with Crippen LogP contribution in [0.2, 0.25) is 0 Å². The van der Waals surface area contributed by atoms with Crippen LogP contribution in [0.1, 0.15) is 16.1 Å². The van der Waals surface area contributed by atoms with Crippen molar-refractivity contribution in [2.45, 2.75) is 6.92 Å². The predicted octanol–water partition coefficient (Wildman–Crippen LogP) is 3.71. The third-order valence-electron chi connectivity index (χ3n) is 5.92. The van der Waals surface area contributed by atoms with Crippen LogP contribution >= 0.6 is 0 Å². The van der Waals surface area contributed by atoms with Gasteiger partial charge in [-0.05, 0) is 49.4 Å². The standard InChI is InChI=1S/C25H26FN7O2/c1-15-13-18-19(31-15)7-8-20(22(18)26)35-25-21(24(34)27-2)23(29-14-30-25)32-16-3-5-17(6-4-16)33-11-9-28-10-12-33/h3-8,13-14,28,31H,9-12H2,1-2H3,(H,27,34)(H,29,30,32). The third-order valence-corrected chi connectivity index (χ3v) is 5.92. The summed E-state index contributed by atoms with van der Waals surface area (Å²) in [6.45, 7) is 5.66. The van der Waals surface area contributed by atoms with Crippen LogP contribution in [0.4, 0.5) is 21.6 Å². The number of aromatic nitrogens is 3. The Balaban J connectivity index is 1.44. The number of nitrogens with zero attached hydrogens (tertiary/aromatic N) is 3. The number of benzene rings is 2. The van der Waals surface area contributed by atoms with E-state index in [-0.39, 0.29) is 23.0 Å². The number of halogens is 1. The van der Waals surface area contributed by atoms with Gasteiger partial charge in [0.25, 0.3) is 5.91 Å². The molecule has 2 aromatic carbocycles. The van der Waals surface area contributed by atoms with Gasteiger partial charge in [-0.15, -0.1) is 0 Å². The van der Waals surface area contributed by atoms with Crippen LogP contribution in [0.25, 0.3) is 10.9 Å². The fourth-order valence-corrected chi connectivity index (χ4v) is 4.16. The van der Waals surface area contributed by atoms with Gasteiger partial charge < -0.3 is 30.6 Å². The molecule has 0 spiro atoms. The molecule has 4 N–H and O–H groups in total. The first-order valence-corrected chi connectivity index (χ1v) is 11.4. The van der Waals surface area contributed by atoms with Gasteiger partial charge in [0.05, 0.1) is 0 Å². The van der Waals surface area contributed by atoms with Gasteiger partial charge in [-0.2, -0.15) is 0 Å². The van der Waals surface area contributed by atoms with Crippen molar-refractivity contribution in [1.82, 2.24) is 25.6 Å². The number of amides is 1. The molecule has 1 aliphatic rings. The summed E-state index contributed by atoms with van der Waals surface area (Å²) in [7, 11) is 1.50. The number of carbonyl (C=O) groups is 1. The second kappa shape index (κ2) is 9.59. The number of nitrogens with one attached hydrogen (secondary N) is 4. The molecule has 2 aromatic heterocycles. The Morgan fingerprint density at radius 1 is 1.11 bits per heavy atom. The summed E-state index contributed by atoms with van der Waals surface area (Å²) in [6, 6.07) is 12.8. The second-order valence-corrected chi connectivity index (χ2v) is 8.28. The lowest BCUT2D eigenvalue weighted by Crippen LogP contribution is -2.43. The van der Waals surface area contributed by atoms with E-state index in [4.69, 9.17) is 4.74 Å². The van der Waals surface area contributed by atoms with Gasteiger partial charge in [-0.1, -0.05) is 0 Å². The summed E-state index contributed by atoms with van der Waals surface area (Å²) >= 11 is 0. The lowest BCUT2D eigenvalue weighted by Gasteiger charge is -2.29.